The molecule has 1 fully saturated rings. The molecule has 4 rings (SSSR count). The zero-order valence-electron chi connectivity index (χ0n) is 15.9. The number of carboxylic acids is 1. The van der Waals surface area contributed by atoms with Gasteiger partial charge >= 0.3 is 5.97 Å². The lowest BCUT2D eigenvalue weighted by atomic mass is 9.97. The SMILES string of the molecule is O=C(O)c1ncc(Cl)cc1S[C@H]1OC(CO)[C@H](O)[C@H](n2cc(-c3csc(O)n3)nn2)C1O. The van der Waals surface area contributed by atoms with Crippen LogP contribution in [0.3, 0.4) is 0 Å². The number of aromatic hydroxyl groups is 1. The van der Waals surface area contributed by atoms with Crippen LogP contribution in [0.15, 0.2) is 28.7 Å². The van der Waals surface area contributed by atoms with E-state index in [1.165, 1.54) is 23.1 Å². The molecule has 0 amide bonds. The molecule has 5 N–H and O–H groups in total. The quantitative estimate of drug-likeness (QED) is 0.317. The van der Waals surface area contributed by atoms with Gasteiger partial charge in [0.2, 0.25) is 0 Å². The molecule has 3 aromatic heterocycles. The number of hydrogen-bond donors (Lipinski definition) is 5. The maximum Gasteiger partial charge on any atom is 0.355 e. The van der Waals surface area contributed by atoms with Crippen LogP contribution < -0.4 is 0 Å². The fourth-order valence-corrected chi connectivity index (χ4v) is 5.16. The summed E-state index contributed by atoms with van der Waals surface area (Å²) in [6.07, 6.45) is -1.24. The van der Waals surface area contributed by atoms with Gasteiger partial charge in [-0.1, -0.05) is 39.9 Å². The van der Waals surface area contributed by atoms with Gasteiger partial charge in [0.15, 0.2) is 5.69 Å². The van der Waals surface area contributed by atoms with Crippen LogP contribution in [0.5, 0.6) is 5.19 Å². The van der Waals surface area contributed by atoms with Gasteiger partial charge in [-0.25, -0.2) is 19.4 Å². The molecule has 1 saturated heterocycles. The number of halogens is 1. The third kappa shape index (κ3) is 4.43. The van der Waals surface area contributed by atoms with E-state index in [9.17, 15) is 30.3 Å². The zero-order valence-corrected chi connectivity index (χ0v) is 18.3. The molecule has 0 radical (unpaired) electrons. The summed E-state index contributed by atoms with van der Waals surface area (Å²) in [5, 5.41) is 59.7. The summed E-state index contributed by atoms with van der Waals surface area (Å²) < 4.78 is 6.85. The molecule has 0 aliphatic carbocycles. The molecule has 3 aromatic rings. The van der Waals surface area contributed by atoms with E-state index in [1.54, 1.807) is 5.38 Å². The maximum atomic E-state index is 11.5. The first kappa shape index (κ1) is 22.8. The average molecular weight is 502 g/mol. The van der Waals surface area contributed by atoms with Gasteiger partial charge in [-0.15, -0.1) is 5.10 Å². The van der Waals surface area contributed by atoms with Gasteiger partial charge in [-0.2, -0.15) is 0 Å². The van der Waals surface area contributed by atoms with E-state index in [2.05, 4.69) is 20.3 Å². The van der Waals surface area contributed by atoms with Crippen molar-refractivity contribution in [2.75, 3.05) is 6.61 Å². The lowest BCUT2D eigenvalue weighted by Crippen LogP contribution is -2.55. The van der Waals surface area contributed by atoms with Crippen LogP contribution in [0.25, 0.3) is 11.4 Å². The number of thioether (sulfide) groups is 1. The van der Waals surface area contributed by atoms with Gasteiger partial charge in [0.25, 0.3) is 5.19 Å². The van der Waals surface area contributed by atoms with Crippen molar-refractivity contribution in [1.82, 2.24) is 25.0 Å². The van der Waals surface area contributed by atoms with Crippen LogP contribution in [0, 0.1) is 0 Å². The number of carboxylic acid groups (broad SMARTS) is 1. The highest BCUT2D eigenvalue weighted by Crippen LogP contribution is 2.39. The first-order valence-corrected chi connectivity index (χ1v) is 11.2. The minimum atomic E-state index is -1.39. The van der Waals surface area contributed by atoms with E-state index in [0.29, 0.717) is 11.4 Å². The van der Waals surface area contributed by atoms with Crippen molar-refractivity contribution < 1.29 is 35.1 Å². The number of carbonyl (C=O) groups is 1. The monoisotopic (exact) mass is 501 g/mol. The Bertz CT molecular complexity index is 1130. The van der Waals surface area contributed by atoms with E-state index >= 15 is 0 Å². The Kier molecular flexibility index (Phi) is 6.62. The van der Waals surface area contributed by atoms with Gasteiger partial charge in [0.05, 0.1) is 17.8 Å². The predicted octanol–water partition coefficient (Wildman–Crippen LogP) is 0.626. The van der Waals surface area contributed by atoms with Gasteiger partial charge in [0, 0.05) is 16.5 Å². The van der Waals surface area contributed by atoms with Gasteiger partial charge in [0.1, 0.15) is 41.2 Å². The predicted molar refractivity (Wildman–Crippen MR) is 112 cm³/mol. The van der Waals surface area contributed by atoms with Gasteiger partial charge < -0.3 is 30.3 Å². The summed E-state index contributed by atoms with van der Waals surface area (Å²) in [6, 6.07) is 0.280. The number of nitrogens with zero attached hydrogens (tertiary/aromatic N) is 5. The number of ether oxygens (including phenoxy) is 1. The van der Waals surface area contributed by atoms with Crippen LogP contribution in [-0.4, -0.2) is 86.8 Å². The summed E-state index contributed by atoms with van der Waals surface area (Å²) in [6.45, 7) is -0.567. The normalized spacial score (nSPS) is 25.7. The molecule has 12 nitrogen and oxygen atoms in total. The minimum absolute atomic E-state index is 0.137. The number of rotatable bonds is 6. The van der Waals surface area contributed by atoms with Crippen molar-refractivity contribution in [3.05, 3.63) is 34.6 Å². The van der Waals surface area contributed by atoms with Crippen LogP contribution in [0.4, 0.5) is 0 Å². The number of aliphatic hydroxyl groups is 3. The average Bonchev–Trinajstić information content (AvgIpc) is 3.39. The van der Waals surface area contributed by atoms with E-state index < -0.39 is 42.4 Å². The number of aromatic nitrogens is 5. The van der Waals surface area contributed by atoms with Crippen molar-refractivity contribution in [3.8, 4) is 16.6 Å². The Morgan fingerprint density at radius 1 is 1.31 bits per heavy atom. The molecule has 15 heteroatoms. The third-order valence-electron chi connectivity index (χ3n) is 4.68. The van der Waals surface area contributed by atoms with Crippen molar-refractivity contribution in [2.45, 2.75) is 34.7 Å². The summed E-state index contributed by atoms with van der Waals surface area (Å²) >= 11 is 7.79. The van der Waals surface area contributed by atoms with Crippen molar-refractivity contribution in [2.24, 2.45) is 0 Å². The summed E-state index contributed by atoms with van der Waals surface area (Å²) in [4.78, 5) is 19.3. The molecule has 0 bridgehead atoms. The second-order valence-electron chi connectivity index (χ2n) is 6.72. The van der Waals surface area contributed by atoms with E-state index in [4.69, 9.17) is 16.3 Å². The lowest BCUT2D eigenvalue weighted by molar-refractivity contribution is -0.178. The molecule has 0 aromatic carbocycles. The Labute approximate surface area is 193 Å². The zero-order chi connectivity index (χ0) is 23.0. The molecule has 4 heterocycles. The lowest BCUT2D eigenvalue weighted by Gasteiger charge is -2.41. The first-order chi connectivity index (χ1) is 15.3. The Morgan fingerprint density at radius 2 is 2.09 bits per heavy atom. The summed E-state index contributed by atoms with van der Waals surface area (Å²) in [7, 11) is 0. The first-order valence-electron chi connectivity index (χ1n) is 9.03. The summed E-state index contributed by atoms with van der Waals surface area (Å²) in [5.41, 5.74) is -0.736. The molecule has 1 aliphatic heterocycles. The van der Waals surface area contributed by atoms with Crippen LogP contribution in [0.1, 0.15) is 16.5 Å². The fraction of sp³-hybridized carbons (Fsp3) is 0.353. The number of hydrogen-bond acceptors (Lipinski definition) is 12. The standard InChI is InChI=1S/C17H16ClN5O7S2/c18-6-1-10(11(15(27)28)19-2-6)32-16-14(26)12(13(25)9(4-24)30-16)23-3-7(21-22-23)8-5-31-17(29)20-8/h1-3,5,9,12-14,16,24-26H,4H2,(H,20,29)(H,27,28)/t9?,12-,13-,14?,16+/m0/s1. The maximum absolute atomic E-state index is 11.5. The van der Waals surface area contributed by atoms with Crippen LogP contribution >= 0.6 is 34.7 Å². The molecule has 5 atom stereocenters. The van der Waals surface area contributed by atoms with Crippen molar-refractivity contribution in [1.29, 1.82) is 0 Å². The fourth-order valence-electron chi connectivity index (χ4n) is 3.20. The second kappa shape index (κ2) is 9.27. The third-order valence-corrected chi connectivity index (χ3v) is 6.72. The Balaban J connectivity index is 1.65. The van der Waals surface area contributed by atoms with Crippen LogP contribution in [-0.2, 0) is 4.74 Å². The minimum Gasteiger partial charge on any atom is -0.486 e. The molecular formula is C17H16ClN5O7S2. The highest BCUT2D eigenvalue weighted by molar-refractivity contribution is 8.00. The Hall–Kier alpha value is -2.33. The molecule has 32 heavy (non-hydrogen) atoms. The summed E-state index contributed by atoms with van der Waals surface area (Å²) in [5.74, 6) is -1.29. The van der Waals surface area contributed by atoms with Crippen LogP contribution in [0.2, 0.25) is 5.02 Å². The highest BCUT2D eigenvalue weighted by atomic mass is 35.5. The molecule has 0 spiro atoms. The van der Waals surface area contributed by atoms with Crippen molar-refractivity contribution >= 4 is 40.7 Å². The number of aromatic carboxylic acids is 1. The van der Waals surface area contributed by atoms with E-state index in [1.807, 2.05) is 0 Å². The van der Waals surface area contributed by atoms with E-state index in [0.717, 1.165) is 23.1 Å². The van der Waals surface area contributed by atoms with Crippen molar-refractivity contribution in [3.63, 3.8) is 0 Å². The number of thiazole rings is 1. The Morgan fingerprint density at radius 3 is 2.75 bits per heavy atom. The van der Waals surface area contributed by atoms with Gasteiger partial charge in [-0.3, -0.25) is 0 Å². The largest absolute Gasteiger partial charge is 0.486 e. The highest BCUT2D eigenvalue weighted by Gasteiger charge is 2.46. The number of aliphatic hydroxyl groups excluding tert-OH is 3. The molecular weight excluding hydrogens is 486 g/mol. The molecule has 2 unspecified atom stereocenters. The topological polar surface area (TPSA) is 184 Å². The smallest absolute Gasteiger partial charge is 0.355 e. The molecule has 0 saturated carbocycles. The van der Waals surface area contributed by atoms with E-state index in [-0.39, 0.29) is 20.8 Å². The van der Waals surface area contributed by atoms with Gasteiger partial charge in [-0.05, 0) is 6.07 Å². The second-order valence-corrected chi connectivity index (χ2v) is 9.13. The molecule has 170 valence electrons. The molecule has 1 aliphatic rings. The number of pyridine rings is 1.